The molecule has 674 valence electrons. The van der Waals surface area contributed by atoms with Gasteiger partial charge in [-0.2, -0.15) is 56.7 Å². The molecule has 13 aromatic rings. The Morgan fingerprint density at radius 2 is 0.810 bits per heavy atom. The number of aromatic nitrogens is 8. The normalized spacial score (nSPS) is 13.5. The van der Waals surface area contributed by atoms with Crippen LogP contribution in [0.5, 0.6) is 0 Å². The van der Waals surface area contributed by atoms with E-state index in [-0.39, 0.29) is 61.1 Å². The van der Waals surface area contributed by atoms with E-state index < -0.39 is 96.2 Å². The van der Waals surface area contributed by atoms with Gasteiger partial charge in [-0.3, -0.25) is 28.8 Å². The van der Waals surface area contributed by atoms with Gasteiger partial charge in [-0.1, -0.05) is 58.0 Å². The molecule has 5 aromatic carbocycles. The number of aromatic carboxylic acids is 1. The third-order valence-corrected chi connectivity index (χ3v) is 21.7. The molecule has 0 unspecified atom stereocenters. The molecular formula is C84H84Cl5F11N14O11S. The fraction of sp³-hybridized carbons (Fsp3) is 0.310. The van der Waals surface area contributed by atoms with E-state index >= 15 is 0 Å². The maximum atomic E-state index is 13.9. The maximum absolute atomic E-state index is 13.9. The van der Waals surface area contributed by atoms with Crippen LogP contribution in [0.25, 0.3) is 88.1 Å². The van der Waals surface area contributed by atoms with Crippen molar-refractivity contribution in [1.82, 2.24) is 55.0 Å². The fourth-order valence-corrected chi connectivity index (χ4v) is 15.5. The molecule has 25 nitrogen and oxygen atoms in total. The number of anilines is 1. The van der Waals surface area contributed by atoms with Crippen molar-refractivity contribution >= 4 is 163 Å². The number of hydrogen-bond donors (Lipinski definition) is 10. The number of benzene rings is 5. The number of aromatic amines is 3. The number of nitro benzene ring substituents is 1. The van der Waals surface area contributed by atoms with Gasteiger partial charge in [-0.05, 0) is 246 Å². The van der Waals surface area contributed by atoms with Crippen LogP contribution < -0.4 is 16.8 Å². The highest BCUT2D eigenvalue weighted by molar-refractivity contribution is 7.79. The first-order valence-corrected chi connectivity index (χ1v) is 41.0. The van der Waals surface area contributed by atoms with Gasteiger partial charge in [-0.25, -0.2) is 29.7 Å². The second kappa shape index (κ2) is 40.9. The van der Waals surface area contributed by atoms with Crippen molar-refractivity contribution in [2.24, 2.45) is 5.73 Å². The lowest BCUT2D eigenvalue weighted by molar-refractivity contribution is -0.384. The van der Waals surface area contributed by atoms with Gasteiger partial charge in [0.15, 0.2) is 0 Å². The average Bonchev–Trinajstić information content (AvgIpc) is 1.51. The summed E-state index contributed by atoms with van der Waals surface area (Å²) in [4.78, 5) is 77.3. The number of carboxylic acids is 2. The molecule has 2 aliphatic heterocycles. The summed E-state index contributed by atoms with van der Waals surface area (Å²) in [5, 5.41) is 36.3. The fourth-order valence-electron chi connectivity index (χ4n) is 13.9. The van der Waals surface area contributed by atoms with Crippen molar-refractivity contribution in [3.8, 4) is 22.3 Å². The number of hydrogen-bond acceptors (Lipinski definition) is 16. The van der Waals surface area contributed by atoms with Gasteiger partial charge >= 0.3 is 34.9 Å². The zero-order valence-corrected chi connectivity index (χ0v) is 73.9. The molecule has 0 aliphatic carbocycles. The lowest BCUT2D eigenvalue weighted by atomic mass is 9.96. The number of fused-ring (bicyclic) bond motifs is 9. The number of H-pyrrole nitrogens is 3. The molecule has 0 atom stereocenters. The summed E-state index contributed by atoms with van der Waals surface area (Å²) in [6, 6.07) is 14.9. The van der Waals surface area contributed by atoms with Gasteiger partial charge in [0, 0.05) is 116 Å². The van der Waals surface area contributed by atoms with Crippen LogP contribution in [0.15, 0.2) is 91.6 Å². The van der Waals surface area contributed by atoms with E-state index in [1.807, 2.05) is 46.0 Å². The number of alkyl halides is 9. The number of likely N-dealkylation sites (tertiary alicyclic amines) is 2. The minimum atomic E-state index is -4.82. The van der Waals surface area contributed by atoms with E-state index in [4.69, 9.17) is 96.9 Å². The van der Waals surface area contributed by atoms with Crippen LogP contribution in [0.3, 0.4) is 0 Å². The Labute approximate surface area is 738 Å². The number of nitrogens with one attached hydrogen (secondary N) is 4. The minimum absolute atomic E-state index is 0.0191. The summed E-state index contributed by atoms with van der Waals surface area (Å²) in [5.74, 6) is -3.76. The number of halogens is 16. The van der Waals surface area contributed by atoms with Crippen LogP contribution in [-0.4, -0.2) is 153 Å². The molecule has 2 aliphatic rings. The van der Waals surface area contributed by atoms with E-state index in [9.17, 15) is 73.1 Å². The Kier molecular flexibility index (Phi) is 32.7. The Bertz CT molecular complexity index is 6440. The van der Waals surface area contributed by atoms with Crippen molar-refractivity contribution in [2.45, 2.75) is 132 Å². The molecule has 42 heteroatoms. The number of piperidine rings is 2. The van der Waals surface area contributed by atoms with Crippen molar-refractivity contribution in [3.63, 3.8) is 0 Å². The van der Waals surface area contributed by atoms with Gasteiger partial charge in [0.1, 0.15) is 16.9 Å². The Morgan fingerprint density at radius 1 is 0.500 bits per heavy atom. The quantitative estimate of drug-likeness (QED) is 0.0185. The van der Waals surface area contributed by atoms with Crippen LogP contribution in [0.2, 0.25) is 25.1 Å². The van der Waals surface area contributed by atoms with Crippen LogP contribution in [0.4, 0.5) is 59.7 Å². The van der Waals surface area contributed by atoms with E-state index in [0.29, 0.717) is 66.6 Å². The molecule has 0 spiro atoms. The molecule has 0 saturated carbocycles. The highest BCUT2D eigenvalue weighted by Crippen LogP contribution is 2.48. The Balaban J connectivity index is 0.000000186. The predicted octanol–water partition coefficient (Wildman–Crippen LogP) is 21.8. The summed E-state index contributed by atoms with van der Waals surface area (Å²) in [6.45, 7) is 21.9. The standard InChI is InChI=1S/C20H23ClN4O.C14H9ClF4N2O2.C14H11ClF4N2.C14H10ClF3N2.C14H11ClN2O2.C6H14N2.C2H4O2.H2O4S/c1-11-8-15-17-16(21)9-14(12(2)18(17)24-19(15)22-10-11)20(26)23-13-4-6-25(3)7-5-13;1-6-3-8(13(16)20-5-6)11-10(15)4-9(14(17,18)19)7(2)12(11)21(22)23;1-6-3-8(13(16)21-5-6)11-10(15)4-9(14(17,18)19)7(2)12(11)20;1-6-3-8-11-10(15)4-9(14(16,17)18)7(2)12(11)20-13(8)19-5-6;1-6-3-9-11-10(15)4-8(14(18)19)7(2)12(11)17-13(9)16-5-6;1-8-4-2-6(7)3-5-8;1-2(3)4;1-5(2,3)4/h8-10,13H,4-7H2,1-3H3,(H,22,24)(H,23,26);3-5H,1-2H3;3-5H,20H2,1-2H3;3-5H,1-2H3,(H,19,20);3-5H,1-2H3,(H,16,17)(H,18,19);6H,2-5,7H2,1H3;1H3,(H,3,4);(H2,1,2,3,4). The third kappa shape index (κ3) is 24.7. The number of pyridine rings is 5. The van der Waals surface area contributed by atoms with Gasteiger partial charge < -0.3 is 51.7 Å². The number of nitrogens with zero attached hydrogens (tertiary/aromatic N) is 8. The summed E-state index contributed by atoms with van der Waals surface area (Å²) in [7, 11) is -0.409. The number of carboxylic acid groups (broad SMARTS) is 2. The molecule has 126 heavy (non-hydrogen) atoms. The Hall–Kier alpha value is -10.7. The van der Waals surface area contributed by atoms with Crippen LogP contribution in [0, 0.1) is 91.2 Å². The summed E-state index contributed by atoms with van der Waals surface area (Å²) in [5.41, 5.74) is 16.6. The average molecular weight is 1880 g/mol. The number of rotatable bonds is 6. The molecule has 1 amide bonds. The molecule has 2 fully saturated rings. The second-order valence-corrected chi connectivity index (χ2v) is 32.9. The van der Waals surface area contributed by atoms with E-state index in [0.717, 1.165) is 118 Å². The first-order valence-electron chi connectivity index (χ1n) is 37.7. The number of aliphatic carboxylic acids is 1. The Morgan fingerprint density at radius 3 is 1.18 bits per heavy atom. The van der Waals surface area contributed by atoms with Crippen LogP contribution in [0.1, 0.15) is 126 Å². The predicted molar refractivity (Wildman–Crippen MR) is 466 cm³/mol. The zero-order chi connectivity index (χ0) is 94.3. The molecule has 2 saturated heterocycles. The lowest BCUT2D eigenvalue weighted by Crippen LogP contribution is -2.43. The SMILES string of the molecule is CC(=O)O.CN1CCC(N)CC1.Cc1cnc(F)c(-c2c(Cl)cc(C(F)(F)F)c(C)c2N)c1.Cc1cnc(F)c(-c2c(Cl)cc(C(F)(F)F)c(C)c2[N+](=O)[O-])c1.Cc1cnc2[nH]c3c(C)c(C(=O)NC4CCN(C)CC4)cc(Cl)c3c2c1.Cc1cnc2[nH]c3c(C)c(C(=O)O)cc(Cl)c3c2c1.Cc1cnc2[nH]c3c(C)c(C(F)(F)F)cc(Cl)c3c2c1.O=S(=O)(O)O. The number of amides is 1. The van der Waals surface area contributed by atoms with Gasteiger partial charge in [0.05, 0.1) is 74.4 Å². The molecule has 0 bridgehead atoms. The number of carbonyl (C=O) groups is 3. The topological polar surface area (TPSA) is 392 Å². The summed E-state index contributed by atoms with van der Waals surface area (Å²) >= 11 is 30.6. The minimum Gasteiger partial charge on any atom is -0.481 e. The van der Waals surface area contributed by atoms with Crippen molar-refractivity contribution in [1.29, 1.82) is 0 Å². The number of aryl methyl sites for hydroxylation is 8. The number of nitro groups is 1. The summed E-state index contributed by atoms with van der Waals surface area (Å²) in [6.07, 6.45) is -1.77. The van der Waals surface area contributed by atoms with Crippen molar-refractivity contribution in [2.75, 3.05) is 46.0 Å². The molecule has 0 radical (unpaired) electrons. The number of nitrogen functional groups attached to an aromatic ring is 1. The largest absolute Gasteiger partial charge is 0.481 e. The molecule has 12 N–H and O–H groups in total. The first-order chi connectivity index (χ1) is 58.4. The monoisotopic (exact) mass is 1880 g/mol. The molecule has 15 rings (SSSR count). The van der Waals surface area contributed by atoms with Crippen LogP contribution in [-0.2, 0) is 33.7 Å². The van der Waals surface area contributed by atoms with E-state index in [2.05, 4.69) is 75.2 Å². The highest BCUT2D eigenvalue weighted by Gasteiger charge is 2.40. The zero-order valence-electron chi connectivity index (χ0n) is 69.3. The lowest BCUT2D eigenvalue weighted by Gasteiger charge is -2.29. The van der Waals surface area contributed by atoms with E-state index in [1.165, 1.54) is 70.4 Å². The third-order valence-electron chi connectivity index (χ3n) is 20.2. The van der Waals surface area contributed by atoms with Crippen molar-refractivity contribution < 1.29 is 95.3 Å². The maximum Gasteiger partial charge on any atom is 0.416 e. The molecular weight excluding hydrogens is 1800 g/mol. The van der Waals surface area contributed by atoms with Gasteiger partial charge in [-0.15, -0.1) is 0 Å². The van der Waals surface area contributed by atoms with Crippen LogP contribution >= 0.6 is 58.0 Å². The second-order valence-electron chi connectivity index (χ2n) is 29.9. The number of carbonyl (C=O) groups excluding carboxylic acids is 1. The highest BCUT2D eigenvalue weighted by atomic mass is 35.5. The summed E-state index contributed by atoms with van der Waals surface area (Å²) < 4.78 is 176. The van der Waals surface area contributed by atoms with Gasteiger partial charge in [0.25, 0.3) is 17.6 Å². The first kappa shape index (κ1) is 101. The molecule has 10 heterocycles. The van der Waals surface area contributed by atoms with E-state index in [1.54, 1.807) is 39.2 Å². The number of nitrogens with two attached hydrogens (primary N) is 2. The van der Waals surface area contributed by atoms with Gasteiger partial charge in [0.2, 0.25) is 11.9 Å². The van der Waals surface area contributed by atoms with Crippen molar-refractivity contribution in [3.05, 3.63) is 222 Å². The smallest absolute Gasteiger partial charge is 0.416 e. The molecule has 8 aromatic heterocycles.